The molecule has 2 atom stereocenters. The van der Waals surface area contributed by atoms with E-state index in [2.05, 4.69) is 15.9 Å². The van der Waals surface area contributed by atoms with Crippen molar-refractivity contribution in [1.29, 1.82) is 0 Å². The molecule has 0 aliphatic carbocycles. The zero-order chi connectivity index (χ0) is 14.1. The number of carbonyl (C=O) groups excluding carboxylic acids is 1. The summed E-state index contributed by atoms with van der Waals surface area (Å²) in [5.41, 5.74) is -0.543. The van der Waals surface area contributed by atoms with Gasteiger partial charge >= 0.3 is 6.09 Å². The second-order valence-corrected chi connectivity index (χ2v) is 7.04. The second kappa shape index (κ2) is 5.12. The standard InChI is InChI=1S/C14H17BrFNO2/c1-13(15)9-17(10-14(13,2)16)12(18)19-8-11-6-4-3-5-7-11/h3-7H,8-10H2,1-2H3/t13-,14-/m1/s1. The summed E-state index contributed by atoms with van der Waals surface area (Å²) in [6, 6.07) is 9.42. The first kappa shape index (κ1) is 14.3. The summed E-state index contributed by atoms with van der Waals surface area (Å²) in [5, 5.41) is 0. The quantitative estimate of drug-likeness (QED) is 0.777. The highest BCUT2D eigenvalue weighted by Crippen LogP contribution is 2.41. The van der Waals surface area contributed by atoms with Gasteiger partial charge in [-0.3, -0.25) is 0 Å². The van der Waals surface area contributed by atoms with Crippen molar-refractivity contribution in [3.8, 4) is 0 Å². The predicted molar refractivity (Wildman–Crippen MR) is 75.0 cm³/mol. The third-order valence-corrected chi connectivity index (χ3v) is 4.60. The van der Waals surface area contributed by atoms with Gasteiger partial charge in [-0.25, -0.2) is 9.18 Å². The van der Waals surface area contributed by atoms with Gasteiger partial charge < -0.3 is 9.64 Å². The van der Waals surface area contributed by atoms with Crippen LogP contribution < -0.4 is 0 Å². The molecule has 2 rings (SSSR count). The molecule has 19 heavy (non-hydrogen) atoms. The molecule has 0 radical (unpaired) electrons. The highest BCUT2D eigenvalue weighted by Gasteiger charge is 2.53. The van der Waals surface area contributed by atoms with Crippen LogP contribution >= 0.6 is 15.9 Å². The van der Waals surface area contributed by atoms with Gasteiger partial charge in [0.2, 0.25) is 0 Å². The van der Waals surface area contributed by atoms with Crippen molar-refractivity contribution in [3.05, 3.63) is 35.9 Å². The first-order chi connectivity index (χ1) is 8.82. The lowest BCUT2D eigenvalue weighted by Gasteiger charge is -2.25. The summed E-state index contributed by atoms with van der Waals surface area (Å²) in [5.74, 6) is 0. The molecule has 5 heteroatoms. The van der Waals surface area contributed by atoms with Crippen molar-refractivity contribution in [2.24, 2.45) is 0 Å². The molecule has 1 saturated heterocycles. The summed E-state index contributed by atoms with van der Waals surface area (Å²) in [4.78, 5) is 13.3. The summed E-state index contributed by atoms with van der Waals surface area (Å²) < 4.78 is 18.7. The van der Waals surface area contributed by atoms with Gasteiger partial charge in [0, 0.05) is 6.54 Å². The SMILES string of the molecule is C[C@@]1(F)CN(C(=O)OCc2ccccc2)C[C@@]1(C)Br. The van der Waals surface area contributed by atoms with Crippen molar-refractivity contribution in [1.82, 2.24) is 4.90 Å². The fourth-order valence-corrected chi connectivity index (χ4v) is 2.47. The van der Waals surface area contributed by atoms with Crippen LogP contribution in [0, 0.1) is 0 Å². The number of halogens is 2. The Labute approximate surface area is 120 Å². The second-order valence-electron chi connectivity index (χ2n) is 5.29. The van der Waals surface area contributed by atoms with Crippen LogP contribution in [0.3, 0.4) is 0 Å². The van der Waals surface area contributed by atoms with Crippen LogP contribution in [0.2, 0.25) is 0 Å². The van der Waals surface area contributed by atoms with Crippen LogP contribution in [0.4, 0.5) is 9.18 Å². The van der Waals surface area contributed by atoms with E-state index < -0.39 is 16.1 Å². The van der Waals surface area contributed by atoms with Gasteiger partial charge in [-0.05, 0) is 19.4 Å². The number of rotatable bonds is 2. The Morgan fingerprint density at radius 3 is 2.53 bits per heavy atom. The van der Waals surface area contributed by atoms with Gasteiger partial charge in [0.1, 0.15) is 12.3 Å². The van der Waals surface area contributed by atoms with Crippen LogP contribution in [0.25, 0.3) is 0 Å². The van der Waals surface area contributed by atoms with Crippen LogP contribution in [0.1, 0.15) is 19.4 Å². The summed E-state index contributed by atoms with van der Waals surface area (Å²) in [6.45, 7) is 3.79. The lowest BCUT2D eigenvalue weighted by atomic mass is 9.97. The number of nitrogens with zero attached hydrogens (tertiary/aromatic N) is 1. The topological polar surface area (TPSA) is 29.5 Å². The van der Waals surface area contributed by atoms with E-state index >= 15 is 0 Å². The van der Waals surface area contributed by atoms with Crippen molar-refractivity contribution in [2.45, 2.75) is 30.4 Å². The Balaban J connectivity index is 1.92. The lowest BCUT2D eigenvalue weighted by Crippen LogP contribution is -2.39. The number of hydrogen-bond donors (Lipinski definition) is 0. The molecule has 1 aromatic rings. The number of benzene rings is 1. The van der Waals surface area contributed by atoms with E-state index in [1.54, 1.807) is 6.92 Å². The van der Waals surface area contributed by atoms with Gasteiger partial charge in [0.15, 0.2) is 0 Å². The maximum atomic E-state index is 14.3. The highest BCUT2D eigenvalue weighted by molar-refractivity contribution is 9.10. The Hall–Kier alpha value is -1.10. The molecule has 1 amide bonds. The first-order valence-electron chi connectivity index (χ1n) is 6.15. The molecule has 3 nitrogen and oxygen atoms in total. The fraction of sp³-hybridized carbons (Fsp3) is 0.500. The Morgan fingerprint density at radius 2 is 2.00 bits per heavy atom. The van der Waals surface area contributed by atoms with E-state index in [0.29, 0.717) is 6.54 Å². The average molecular weight is 330 g/mol. The molecule has 0 saturated carbocycles. The summed E-state index contributed by atoms with van der Waals surface area (Å²) in [6.07, 6.45) is -0.476. The van der Waals surface area contributed by atoms with Crippen molar-refractivity contribution in [2.75, 3.05) is 13.1 Å². The summed E-state index contributed by atoms with van der Waals surface area (Å²) >= 11 is 3.34. The fourth-order valence-electron chi connectivity index (χ4n) is 2.04. The molecular formula is C14H17BrFNO2. The van der Waals surface area contributed by atoms with E-state index in [9.17, 15) is 9.18 Å². The van der Waals surface area contributed by atoms with Crippen LogP contribution in [-0.4, -0.2) is 34.1 Å². The third kappa shape index (κ3) is 3.08. The largest absolute Gasteiger partial charge is 0.445 e. The minimum absolute atomic E-state index is 0.0440. The van der Waals surface area contributed by atoms with Crippen molar-refractivity contribution in [3.63, 3.8) is 0 Å². The maximum Gasteiger partial charge on any atom is 0.410 e. The smallest absolute Gasteiger partial charge is 0.410 e. The van der Waals surface area contributed by atoms with Crippen LogP contribution in [0.5, 0.6) is 0 Å². The number of amides is 1. The highest BCUT2D eigenvalue weighted by atomic mass is 79.9. The van der Waals surface area contributed by atoms with Crippen molar-refractivity contribution < 1.29 is 13.9 Å². The first-order valence-corrected chi connectivity index (χ1v) is 6.95. The minimum atomic E-state index is -1.46. The van der Waals surface area contributed by atoms with E-state index in [4.69, 9.17) is 4.74 Å². The molecule has 0 aromatic heterocycles. The van der Waals surface area contributed by atoms with Crippen LogP contribution in [0.15, 0.2) is 30.3 Å². The molecule has 1 fully saturated rings. The van der Waals surface area contributed by atoms with Gasteiger partial charge in [0.25, 0.3) is 0 Å². The van der Waals surface area contributed by atoms with Crippen LogP contribution in [-0.2, 0) is 11.3 Å². The Morgan fingerprint density at radius 1 is 1.37 bits per heavy atom. The maximum absolute atomic E-state index is 14.3. The van der Waals surface area contributed by atoms with Gasteiger partial charge in [-0.15, -0.1) is 0 Å². The molecule has 0 bridgehead atoms. The Bertz CT molecular complexity index is 446. The third-order valence-electron chi connectivity index (χ3n) is 3.53. The number of alkyl halides is 2. The van der Waals surface area contributed by atoms with E-state index in [1.807, 2.05) is 30.3 Å². The molecule has 0 N–H and O–H groups in total. The summed E-state index contributed by atoms with van der Waals surface area (Å²) in [7, 11) is 0. The lowest BCUT2D eigenvalue weighted by molar-refractivity contribution is 0.0962. The number of ether oxygens (including phenoxy) is 1. The van der Waals surface area contributed by atoms with E-state index in [-0.39, 0.29) is 13.2 Å². The zero-order valence-electron chi connectivity index (χ0n) is 11.0. The minimum Gasteiger partial charge on any atom is -0.445 e. The number of hydrogen-bond acceptors (Lipinski definition) is 2. The number of likely N-dealkylation sites (tertiary alicyclic amines) is 1. The predicted octanol–water partition coefficient (Wildman–Crippen LogP) is 3.52. The monoisotopic (exact) mass is 329 g/mol. The average Bonchev–Trinajstić information content (AvgIpc) is 2.57. The molecule has 1 aliphatic rings. The van der Waals surface area contributed by atoms with Gasteiger partial charge in [-0.2, -0.15) is 0 Å². The molecule has 104 valence electrons. The molecule has 0 unspecified atom stereocenters. The molecule has 1 aliphatic heterocycles. The molecule has 0 spiro atoms. The van der Waals surface area contributed by atoms with Gasteiger partial charge in [0.05, 0.1) is 10.9 Å². The van der Waals surface area contributed by atoms with E-state index in [0.717, 1.165) is 5.56 Å². The molecular weight excluding hydrogens is 313 g/mol. The van der Waals surface area contributed by atoms with Crippen molar-refractivity contribution >= 4 is 22.0 Å². The van der Waals surface area contributed by atoms with E-state index in [1.165, 1.54) is 11.8 Å². The zero-order valence-corrected chi connectivity index (χ0v) is 12.6. The normalized spacial score (nSPS) is 30.4. The Kier molecular flexibility index (Phi) is 3.85. The van der Waals surface area contributed by atoms with Gasteiger partial charge in [-0.1, -0.05) is 46.3 Å². The molecule has 1 aromatic carbocycles. The molecule has 1 heterocycles. The number of carbonyl (C=O) groups is 1.